The van der Waals surface area contributed by atoms with E-state index < -0.39 is 17.5 Å². The SMILES string of the molecule is COc1cc(OC)nc(C(=O)c2cccc(F)c2NC(C)=O)n1. The number of benzene rings is 1. The van der Waals surface area contributed by atoms with Crippen LogP contribution < -0.4 is 14.8 Å². The number of rotatable bonds is 5. The van der Waals surface area contributed by atoms with Gasteiger partial charge in [-0.2, -0.15) is 9.97 Å². The number of hydrogen-bond acceptors (Lipinski definition) is 6. The predicted octanol–water partition coefficient (Wildman–Crippen LogP) is 1.82. The number of anilines is 1. The highest BCUT2D eigenvalue weighted by molar-refractivity contribution is 6.12. The van der Waals surface area contributed by atoms with E-state index in [1.165, 1.54) is 39.3 Å². The molecule has 7 nitrogen and oxygen atoms in total. The molecule has 1 aromatic heterocycles. The molecule has 0 aliphatic carbocycles. The van der Waals surface area contributed by atoms with Gasteiger partial charge in [-0.25, -0.2) is 4.39 Å². The van der Waals surface area contributed by atoms with Gasteiger partial charge in [0.05, 0.1) is 31.5 Å². The molecular formula is C15H14FN3O4. The molecule has 0 spiro atoms. The van der Waals surface area contributed by atoms with Crippen molar-refractivity contribution in [3.63, 3.8) is 0 Å². The van der Waals surface area contributed by atoms with E-state index in [9.17, 15) is 14.0 Å². The summed E-state index contributed by atoms with van der Waals surface area (Å²) in [5, 5.41) is 2.30. The fourth-order valence-corrected chi connectivity index (χ4v) is 1.85. The summed E-state index contributed by atoms with van der Waals surface area (Å²) < 4.78 is 23.9. The van der Waals surface area contributed by atoms with Crippen LogP contribution in [0.5, 0.6) is 11.8 Å². The number of methoxy groups -OCH3 is 2. The molecule has 0 unspecified atom stereocenters. The predicted molar refractivity (Wildman–Crippen MR) is 79.3 cm³/mol. The number of carbonyl (C=O) groups is 2. The van der Waals surface area contributed by atoms with Crippen LogP contribution >= 0.6 is 0 Å². The highest BCUT2D eigenvalue weighted by atomic mass is 19.1. The lowest BCUT2D eigenvalue weighted by Crippen LogP contribution is -2.15. The molecule has 1 aromatic carbocycles. The molecule has 1 amide bonds. The van der Waals surface area contributed by atoms with Crippen LogP contribution in [0.3, 0.4) is 0 Å². The lowest BCUT2D eigenvalue weighted by atomic mass is 10.1. The van der Waals surface area contributed by atoms with Gasteiger partial charge in [-0.05, 0) is 12.1 Å². The van der Waals surface area contributed by atoms with Gasteiger partial charge in [-0.3, -0.25) is 9.59 Å². The summed E-state index contributed by atoms with van der Waals surface area (Å²) in [5.74, 6) is -1.91. The minimum absolute atomic E-state index is 0.0736. The zero-order valence-electron chi connectivity index (χ0n) is 12.7. The third-order valence-corrected chi connectivity index (χ3v) is 2.86. The zero-order valence-corrected chi connectivity index (χ0v) is 12.7. The molecule has 0 radical (unpaired) electrons. The van der Waals surface area contributed by atoms with Crippen LogP contribution in [-0.2, 0) is 4.79 Å². The molecule has 23 heavy (non-hydrogen) atoms. The van der Waals surface area contributed by atoms with Crippen LogP contribution in [0.15, 0.2) is 24.3 Å². The van der Waals surface area contributed by atoms with Crippen LogP contribution in [0.1, 0.15) is 23.1 Å². The van der Waals surface area contributed by atoms with Gasteiger partial charge >= 0.3 is 0 Å². The monoisotopic (exact) mass is 319 g/mol. The molecule has 2 aromatic rings. The number of para-hydroxylation sites is 1. The number of nitrogens with zero attached hydrogens (tertiary/aromatic N) is 2. The van der Waals surface area contributed by atoms with Gasteiger partial charge in [0.25, 0.3) is 0 Å². The van der Waals surface area contributed by atoms with Crippen molar-refractivity contribution in [1.29, 1.82) is 0 Å². The third-order valence-electron chi connectivity index (χ3n) is 2.86. The van der Waals surface area contributed by atoms with Gasteiger partial charge in [0.15, 0.2) is 0 Å². The Kier molecular flexibility index (Phi) is 4.85. The van der Waals surface area contributed by atoms with Crippen LogP contribution in [0.25, 0.3) is 0 Å². The second kappa shape index (κ2) is 6.82. The molecule has 2 rings (SSSR count). The van der Waals surface area contributed by atoms with Crippen molar-refractivity contribution in [2.45, 2.75) is 6.92 Å². The topological polar surface area (TPSA) is 90.4 Å². The van der Waals surface area contributed by atoms with Crippen molar-refractivity contribution < 1.29 is 23.5 Å². The summed E-state index contributed by atoms with van der Waals surface area (Å²) in [6, 6.07) is 5.25. The Morgan fingerprint density at radius 2 is 1.74 bits per heavy atom. The fraction of sp³-hybridized carbons (Fsp3) is 0.200. The van der Waals surface area contributed by atoms with Gasteiger partial charge < -0.3 is 14.8 Å². The number of ketones is 1. The van der Waals surface area contributed by atoms with Crippen molar-refractivity contribution in [3.05, 3.63) is 41.5 Å². The highest BCUT2D eigenvalue weighted by Gasteiger charge is 2.21. The van der Waals surface area contributed by atoms with Gasteiger partial charge in [-0.1, -0.05) is 6.07 Å². The van der Waals surface area contributed by atoms with Gasteiger partial charge in [0, 0.05) is 6.92 Å². The normalized spacial score (nSPS) is 10.1. The lowest BCUT2D eigenvalue weighted by Gasteiger charge is -2.10. The summed E-state index contributed by atoms with van der Waals surface area (Å²) in [4.78, 5) is 31.7. The standard InChI is InChI=1S/C15H14FN3O4/c1-8(20)17-13-9(5-4-6-10(13)16)14(21)15-18-11(22-2)7-12(19-15)23-3/h4-7H,1-3H3,(H,17,20). The maximum Gasteiger partial charge on any atom is 0.232 e. The molecule has 1 N–H and O–H groups in total. The van der Waals surface area contributed by atoms with Crippen LogP contribution in [0, 0.1) is 5.82 Å². The van der Waals surface area contributed by atoms with Gasteiger partial charge in [0.2, 0.25) is 29.3 Å². The van der Waals surface area contributed by atoms with E-state index in [4.69, 9.17) is 9.47 Å². The summed E-state index contributed by atoms with van der Waals surface area (Å²) in [5.41, 5.74) is -0.300. The maximum atomic E-state index is 13.9. The van der Waals surface area contributed by atoms with Gasteiger partial charge in [0.1, 0.15) is 5.82 Å². The molecule has 8 heteroatoms. The second-order valence-corrected chi connectivity index (χ2v) is 4.45. The Morgan fingerprint density at radius 1 is 1.13 bits per heavy atom. The molecule has 0 fully saturated rings. The summed E-state index contributed by atoms with van der Waals surface area (Å²) >= 11 is 0. The van der Waals surface area contributed by atoms with Crippen LogP contribution in [-0.4, -0.2) is 35.9 Å². The average molecular weight is 319 g/mol. The van der Waals surface area contributed by atoms with Crippen LogP contribution in [0.4, 0.5) is 10.1 Å². The largest absolute Gasteiger partial charge is 0.481 e. The van der Waals surface area contributed by atoms with E-state index in [-0.39, 0.29) is 28.8 Å². The van der Waals surface area contributed by atoms with Crippen molar-refractivity contribution >= 4 is 17.4 Å². The molecule has 1 heterocycles. The average Bonchev–Trinajstić information content (AvgIpc) is 2.55. The summed E-state index contributed by atoms with van der Waals surface area (Å²) in [7, 11) is 2.75. The van der Waals surface area contributed by atoms with E-state index in [0.29, 0.717) is 0 Å². The lowest BCUT2D eigenvalue weighted by molar-refractivity contribution is -0.114. The van der Waals surface area contributed by atoms with E-state index in [1.807, 2.05) is 0 Å². The molecule has 0 aliphatic heterocycles. The highest BCUT2D eigenvalue weighted by Crippen LogP contribution is 2.24. The molecule has 0 aliphatic rings. The quantitative estimate of drug-likeness (QED) is 0.846. The van der Waals surface area contributed by atoms with E-state index in [2.05, 4.69) is 15.3 Å². The number of halogens is 1. The second-order valence-electron chi connectivity index (χ2n) is 4.45. The number of nitrogens with one attached hydrogen (secondary N) is 1. The summed E-state index contributed by atoms with van der Waals surface area (Å²) in [6.45, 7) is 1.21. The van der Waals surface area contributed by atoms with Crippen molar-refractivity contribution in [3.8, 4) is 11.8 Å². The Bertz CT molecular complexity index is 742. The Labute approximate surface area is 131 Å². The number of hydrogen-bond donors (Lipinski definition) is 1. The molecule has 120 valence electrons. The number of carbonyl (C=O) groups excluding carboxylic acids is 2. The minimum atomic E-state index is -0.735. The fourth-order valence-electron chi connectivity index (χ4n) is 1.85. The first-order valence-electron chi connectivity index (χ1n) is 6.54. The third kappa shape index (κ3) is 3.60. The first kappa shape index (κ1) is 16.3. The molecule has 0 atom stereocenters. The van der Waals surface area contributed by atoms with Crippen LogP contribution in [0.2, 0.25) is 0 Å². The van der Waals surface area contributed by atoms with Crippen molar-refractivity contribution in [1.82, 2.24) is 9.97 Å². The Hall–Kier alpha value is -3.03. The number of ether oxygens (including phenoxy) is 2. The first-order valence-corrected chi connectivity index (χ1v) is 6.54. The molecule has 0 bridgehead atoms. The van der Waals surface area contributed by atoms with E-state index in [0.717, 1.165) is 6.07 Å². The number of aromatic nitrogens is 2. The molecule has 0 saturated heterocycles. The molecule has 0 saturated carbocycles. The maximum absolute atomic E-state index is 13.9. The minimum Gasteiger partial charge on any atom is -0.481 e. The first-order chi connectivity index (χ1) is 11.0. The zero-order chi connectivity index (χ0) is 17.0. The summed E-state index contributed by atoms with van der Waals surface area (Å²) in [6.07, 6.45) is 0. The molecular weight excluding hydrogens is 305 g/mol. The number of amides is 1. The smallest absolute Gasteiger partial charge is 0.232 e. The Balaban J connectivity index is 2.53. The van der Waals surface area contributed by atoms with Gasteiger partial charge in [-0.15, -0.1) is 0 Å². The van der Waals surface area contributed by atoms with Crippen molar-refractivity contribution in [2.24, 2.45) is 0 Å². The van der Waals surface area contributed by atoms with E-state index in [1.54, 1.807) is 0 Å². The van der Waals surface area contributed by atoms with Crippen molar-refractivity contribution in [2.75, 3.05) is 19.5 Å². The Morgan fingerprint density at radius 3 is 2.26 bits per heavy atom. The van der Waals surface area contributed by atoms with E-state index >= 15 is 0 Å².